The molecule has 2 atom stereocenters. The average Bonchev–Trinajstić information content (AvgIpc) is 3.32. The molecule has 0 saturated heterocycles. The van der Waals surface area contributed by atoms with Gasteiger partial charge in [0.1, 0.15) is 6.61 Å². The number of carboxylic acid groups (broad SMARTS) is 1. The maximum atomic E-state index is 12.8. The highest BCUT2D eigenvalue weighted by atomic mass is 16.5. The number of fused-ring (bicyclic) bond motifs is 3. The molecule has 5 rings (SSSR count). The van der Waals surface area contributed by atoms with Crippen LogP contribution in [0.3, 0.4) is 0 Å². The fraction of sp³-hybridized carbons (Fsp3) is 0.182. The Hall–Kier alpha value is -4.95. The second kappa shape index (κ2) is 12.5. The monoisotopic (exact) mass is 550 g/mol. The van der Waals surface area contributed by atoms with Crippen LogP contribution in [0, 0.1) is 0 Å². The van der Waals surface area contributed by atoms with Crippen molar-refractivity contribution in [3.63, 3.8) is 0 Å². The maximum Gasteiger partial charge on any atom is 0.411 e. The van der Waals surface area contributed by atoms with E-state index in [-0.39, 0.29) is 24.7 Å². The second-order valence-electron chi connectivity index (χ2n) is 9.82. The summed E-state index contributed by atoms with van der Waals surface area (Å²) in [5, 5.41) is 14.9. The van der Waals surface area contributed by atoms with Crippen molar-refractivity contribution in [1.82, 2.24) is 5.32 Å². The first kappa shape index (κ1) is 27.6. The molecule has 0 heterocycles. The van der Waals surface area contributed by atoms with Crippen LogP contribution in [0.4, 0.5) is 10.5 Å². The van der Waals surface area contributed by atoms with Gasteiger partial charge in [0.05, 0.1) is 12.7 Å². The number of carbonyl (C=O) groups excluding carboxylic acids is 2. The SMILES string of the molecule is CC(OCc1ccccc1)C(NC(=O)c1ccc(NC(=O)OCC2c3ccccc3-c3ccccc32)cc1)C(=O)O. The summed E-state index contributed by atoms with van der Waals surface area (Å²) < 4.78 is 11.3. The van der Waals surface area contributed by atoms with E-state index in [0.717, 1.165) is 27.8 Å². The van der Waals surface area contributed by atoms with Gasteiger partial charge in [0, 0.05) is 17.2 Å². The molecule has 8 nitrogen and oxygen atoms in total. The molecule has 0 bridgehead atoms. The lowest BCUT2D eigenvalue weighted by Gasteiger charge is -2.22. The zero-order valence-corrected chi connectivity index (χ0v) is 22.4. The number of ether oxygens (including phenoxy) is 2. The van der Waals surface area contributed by atoms with Gasteiger partial charge in [0.25, 0.3) is 5.91 Å². The van der Waals surface area contributed by atoms with Crippen LogP contribution in [0.15, 0.2) is 103 Å². The Bertz CT molecular complexity index is 1490. The highest BCUT2D eigenvalue weighted by molar-refractivity contribution is 5.97. The van der Waals surface area contributed by atoms with Crippen LogP contribution in [-0.2, 0) is 20.9 Å². The highest BCUT2D eigenvalue weighted by Gasteiger charge is 2.29. The zero-order valence-electron chi connectivity index (χ0n) is 22.4. The summed E-state index contributed by atoms with van der Waals surface area (Å²) in [6.07, 6.45) is -1.38. The van der Waals surface area contributed by atoms with Crippen molar-refractivity contribution in [2.24, 2.45) is 0 Å². The zero-order chi connectivity index (χ0) is 28.8. The van der Waals surface area contributed by atoms with Gasteiger partial charge in [-0.25, -0.2) is 9.59 Å². The van der Waals surface area contributed by atoms with E-state index < -0.39 is 30.1 Å². The van der Waals surface area contributed by atoms with Crippen molar-refractivity contribution >= 4 is 23.7 Å². The van der Waals surface area contributed by atoms with Gasteiger partial charge in [0.2, 0.25) is 0 Å². The number of hydrogen-bond donors (Lipinski definition) is 3. The van der Waals surface area contributed by atoms with Gasteiger partial charge in [-0.2, -0.15) is 0 Å². The molecule has 208 valence electrons. The van der Waals surface area contributed by atoms with Crippen molar-refractivity contribution < 1.29 is 29.0 Å². The van der Waals surface area contributed by atoms with Crippen molar-refractivity contribution in [3.8, 4) is 11.1 Å². The first-order valence-electron chi connectivity index (χ1n) is 13.3. The predicted octanol–water partition coefficient (Wildman–Crippen LogP) is 5.84. The van der Waals surface area contributed by atoms with Gasteiger partial charge in [-0.05, 0) is 59.0 Å². The predicted molar refractivity (Wildman–Crippen MR) is 155 cm³/mol. The average molecular weight is 551 g/mol. The van der Waals surface area contributed by atoms with Crippen LogP contribution in [0.5, 0.6) is 0 Å². The van der Waals surface area contributed by atoms with Crippen LogP contribution >= 0.6 is 0 Å². The largest absolute Gasteiger partial charge is 0.480 e. The first-order chi connectivity index (χ1) is 19.9. The molecule has 41 heavy (non-hydrogen) atoms. The lowest BCUT2D eigenvalue weighted by molar-refractivity contribution is -0.143. The lowest BCUT2D eigenvalue weighted by atomic mass is 9.98. The van der Waals surface area contributed by atoms with Crippen molar-refractivity contribution in [3.05, 3.63) is 125 Å². The Morgan fingerprint density at radius 1 is 0.805 bits per heavy atom. The molecule has 0 radical (unpaired) electrons. The number of benzene rings is 4. The van der Waals surface area contributed by atoms with E-state index >= 15 is 0 Å². The van der Waals surface area contributed by atoms with E-state index in [0.29, 0.717) is 5.69 Å². The molecule has 4 aromatic rings. The summed E-state index contributed by atoms with van der Waals surface area (Å²) in [5.41, 5.74) is 6.11. The van der Waals surface area contributed by atoms with Crippen LogP contribution in [0.2, 0.25) is 0 Å². The Labute approximate surface area is 237 Å². The van der Waals surface area contributed by atoms with Crippen LogP contribution in [0.1, 0.15) is 39.9 Å². The highest BCUT2D eigenvalue weighted by Crippen LogP contribution is 2.44. The van der Waals surface area contributed by atoms with Gasteiger partial charge in [0.15, 0.2) is 6.04 Å². The van der Waals surface area contributed by atoms with E-state index in [2.05, 4.69) is 34.9 Å². The molecule has 4 aromatic carbocycles. The summed E-state index contributed by atoms with van der Waals surface area (Å²) in [6.45, 7) is 2.00. The first-order valence-corrected chi connectivity index (χ1v) is 13.3. The minimum Gasteiger partial charge on any atom is -0.480 e. The Balaban J connectivity index is 1.15. The third-order valence-corrected chi connectivity index (χ3v) is 7.11. The summed E-state index contributed by atoms with van der Waals surface area (Å²) in [4.78, 5) is 37.2. The quantitative estimate of drug-likeness (QED) is 0.229. The molecular weight excluding hydrogens is 520 g/mol. The summed E-state index contributed by atoms with van der Waals surface area (Å²) in [5.74, 6) is -1.83. The minimum absolute atomic E-state index is 0.0551. The van der Waals surface area contributed by atoms with E-state index in [1.165, 1.54) is 12.1 Å². The van der Waals surface area contributed by atoms with Crippen molar-refractivity contribution in [2.75, 3.05) is 11.9 Å². The van der Waals surface area contributed by atoms with Gasteiger partial charge < -0.3 is 19.9 Å². The molecular formula is C33H30N2O6. The Kier molecular flexibility index (Phi) is 8.41. The lowest BCUT2D eigenvalue weighted by Crippen LogP contribution is -2.48. The summed E-state index contributed by atoms with van der Waals surface area (Å²) in [7, 11) is 0. The Morgan fingerprint density at radius 3 is 2.00 bits per heavy atom. The molecule has 2 unspecified atom stereocenters. The number of anilines is 1. The number of carboxylic acids is 1. The number of carbonyl (C=O) groups is 3. The standard InChI is InChI=1S/C33H30N2O6/c1-21(40-19-22-9-3-2-4-10-22)30(32(37)38)35-31(36)23-15-17-24(18-16-23)34-33(39)41-20-29-27-13-7-5-11-25(27)26-12-6-8-14-28(26)29/h2-18,21,29-30H,19-20H2,1H3,(H,34,39)(H,35,36)(H,37,38). The van der Waals surface area contributed by atoms with Gasteiger partial charge in [-0.15, -0.1) is 0 Å². The van der Waals surface area contributed by atoms with Crippen LogP contribution in [-0.4, -0.2) is 41.8 Å². The summed E-state index contributed by atoms with van der Waals surface area (Å²) >= 11 is 0. The normalized spacial score (nSPS) is 13.4. The van der Waals surface area contributed by atoms with Crippen LogP contribution in [0.25, 0.3) is 11.1 Å². The molecule has 0 aromatic heterocycles. The molecule has 0 fully saturated rings. The number of aliphatic carboxylic acids is 1. The molecule has 8 heteroatoms. The second-order valence-corrected chi connectivity index (χ2v) is 9.82. The molecule has 1 aliphatic rings. The molecule has 0 saturated carbocycles. The maximum absolute atomic E-state index is 12.8. The third-order valence-electron chi connectivity index (χ3n) is 7.11. The smallest absolute Gasteiger partial charge is 0.411 e. The van der Waals surface area contributed by atoms with Crippen LogP contribution < -0.4 is 10.6 Å². The minimum atomic E-state index is -1.25. The molecule has 0 spiro atoms. The number of amides is 2. The number of hydrogen-bond acceptors (Lipinski definition) is 5. The fourth-order valence-electron chi connectivity index (χ4n) is 4.96. The van der Waals surface area contributed by atoms with Gasteiger partial charge >= 0.3 is 12.1 Å². The van der Waals surface area contributed by atoms with E-state index in [1.54, 1.807) is 19.1 Å². The molecule has 1 aliphatic carbocycles. The van der Waals surface area contributed by atoms with E-state index in [9.17, 15) is 19.5 Å². The van der Waals surface area contributed by atoms with E-state index in [4.69, 9.17) is 9.47 Å². The van der Waals surface area contributed by atoms with Crippen molar-refractivity contribution in [2.45, 2.75) is 31.6 Å². The Morgan fingerprint density at radius 2 is 1.39 bits per heavy atom. The van der Waals surface area contributed by atoms with Crippen molar-refractivity contribution in [1.29, 1.82) is 0 Å². The number of rotatable bonds is 10. The molecule has 0 aliphatic heterocycles. The summed E-state index contributed by atoms with van der Waals surface area (Å²) in [6, 6.07) is 30.4. The van der Waals surface area contributed by atoms with E-state index in [1.807, 2.05) is 54.6 Å². The molecule has 3 N–H and O–H groups in total. The third kappa shape index (κ3) is 6.45. The van der Waals surface area contributed by atoms with Gasteiger partial charge in [-0.1, -0.05) is 78.9 Å². The topological polar surface area (TPSA) is 114 Å². The number of nitrogens with one attached hydrogen (secondary N) is 2. The van der Waals surface area contributed by atoms with Gasteiger partial charge in [-0.3, -0.25) is 10.1 Å². The molecule has 2 amide bonds. The fourth-order valence-corrected chi connectivity index (χ4v) is 4.96.